The normalized spacial score (nSPS) is 19.5. The SMILES string of the molecule is CC(C)c1nccn1-c1cccc(C2CCCN2C(=O)C2CCN(CCc3ccccn3)CC2)n1. The van der Waals surface area contributed by atoms with Crippen molar-refractivity contribution in [1.82, 2.24) is 29.3 Å². The van der Waals surface area contributed by atoms with Gasteiger partial charge in [-0.3, -0.25) is 14.3 Å². The van der Waals surface area contributed by atoms with Crippen LogP contribution in [-0.2, 0) is 11.2 Å². The summed E-state index contributed by atoms with van der Waals surface area (Å²) in [4.78, 5) is 32.1. The van der Waals surface area contributed by atoms with E-state index in [0.717, 1.165) is 81.3 Å². The Labute approximate surface area is 208 Å². The van der Waals surface area contributed by atoms with Gasteiger partial charge < -0.3 is 9.80 Å². The molecule has 7 heteroatoms. The molecule has 1 atom stereocenters. The van der Waals surface area contributed by atoms with Gasteiger partial charge in [0.1, 0.15) is 11.6 Å². The van der Waals surface area contributed by atoms with Crippen LogP contribution in [0.4, 0.5) is 0 Å². The van der Waals surface area contributed by atoms with Crippen molar-refractivity contribution in [3.63, 3.8) is 0 Å². The molecule has 1 unspecified atom stereocenters. The Bertz CT molecular complexity index is 1120. The van der Waals surface area contributed by atoms with Crippen molar-refractivity contribution in [3.8, 4) is 5.82 Å². The van der Waals surface area contributed by atoms with Gasteiger partial charge in [-0.25, -0.2) is 9.97 Å². The summed E-state index contributed by atoms with van der Waals surface area (Å²) in [7, 11) is 0. The van der Waals surface area contributed by atoms with Crippen molar-refractivity contribution in [1.29, 1.82) is 0 Å². The minimum absolute atomic E-state index is 0.0654. The van der Waals surface area contributed by atoms with E-state index in [1.807, 2.05) is 36.8 Å². The second-order valence-corrected chi connectivity index (χ2v) is 10.1. The lowest BCUT2D eigenvalue weighted by molar-refractivity contribution is -0.138. The van der Waals surface area contributed by atoms with E-state index in [-0.39, 0.29) is 12.0 Å². The van der Waals surface area contributed by atoms with Gasteiger partial charge >= 0.3 is 0 Å². The molecule has 0 aromatic carbocycles. The fourth-order valence-corrected chi connectivity index (χ4v) is 5.49. The number of carbonyl (C=O) groups excluding carboxylic acids is 1. The molecule has 1 amide bonds. The van der Waals surface area contributed by atoms with Crippen LogP contribution in [-0.4, -0.2) is 61.4 Å². The molecular weight excluding hydrogens is 436 g/mol. The third kappa shape index (κ3) is 5.30. The summed E-state index contributed by atoms with van der Waals surface area (Å²) >= 11 is 0. The lowest BCUT2D eigenvalue weighted by Crippen LogP contribution is -2.43. The van der Waals surface area contributed by atoms with Crippen molar-refractivity contribution in [2.75, 3.05) is 26.2 Å². The van der Waals surface area contributed by atoms with E-state index in [1.54, 1.807) is 0 Å². The fraction of sp³-hybridized carbons (Fsp3) is 0.500. The van der Waals surface area contributed by atoms with Gasteiger partial charge in [0, 0.05) is 55.6 Å². The Hall–Kier alpha value is -3.06. The van der Waals surface area contributed by atoms with Crippen molar-refractivity contribution < 1.29 is 4.79 Å². The quantitative estimate of drug-likeness (QED) is 0.510. The van der Waals surface area contributed by atoms with E-state index >= 15 is 0 Å². The van der Waals surface area contributed by atoms with Gasteiger partial charge in [-0.15, -0.1) is 0 Å². The summed E-state index contributed by atoms with van der Waals surface area (Å²) in [6.45, 7) is 8.08. The van der Waals surface area contributed by atoms with Crippen LogP contribution in [0.25, 0.3) is 5.82 Å². The predicted molar refractivity (Wildman–Crippen MR) is 136 cm³/mol. The van der Waals surface area contributed by atoms with E-state index in [1.165, 1.54) is 0 Å². The number of piperidine rings is 1. The second-order valence-electron chi connectivity index (χ2n) is 10.1. The molecule has 35 heavy (non-hydrogen) atoms. The summed E-state index contributed by atoms with van der Waals surface area (Å²) in [5.41, 5.74) is 2.13. The number of pyridine rings is 2. The molecule has 0 bridgehead atoms. The molecule has 0 radical (unpaired) electrons. The van der Waals surface area contributed by atoms with Crippen molar-refractivity contribution >= 4 is 5.91 Å². The molecule has 5 rings (SSSR count). The van der Waals surface area contributed by atoms with E-state index in [4.69, 9.17) is 4.98 Å². The molecule has 5 heterocycles. The Morgan fingerprint density at radius 1 is 1.00 bits per heavy atom. The molecule has 2 aliphatic heterocycles. The van der Waals surface area contributed by atoms with Gasteiger partial charge in [0.2, 0.25) is 5.91 Å². The Balaban J connectivity index is 1.22. The highest BCUT2D eigenvalue weighted by Crippen LogP contribution is 2.34. The standard InChI is InChI=1S/C28H36N6O/c1-21(2)27-30-15-20-34(27)26-10-5-8-24(31-26)25-9-6-16-33(25)28(35)22-11-17-32(18-12-22)19-13-23-7-3-4-14-29-23/h3-5,7-8,10,14-15,20-22,25H,6,9,11-13,16-19H2,1-2H3. The Morgan fingerprint density at radius 3 is 2.63 bits per heavy atom. The van der Waals surface area contributed by atoms with Crippen LogP contribution in [0, 0.1) is 5.92 Å². The summed E-state index contributed by atoms with van der Waals surface area (Å²) in [6.07, 6.45) is 10.5. The zero-order valence-electron chi connectivity index (χ0n) is 20.9. The Kier molecular flexibility index (Phi) is 7.23. The number of imidazole rings is 1. The summed E-state index contributed by atoms with van der Waals surface area (Å²) in [5.74, 6) is 2.63. The van der Waals surface area contributed by atoms with Crippen molar-refractivity contribution in [3.05, 3.63) is 72.2 Å². The van der Waals surface area contributed by atoms with Gasteiger partial charge in [0.25, 0.3) is 0 Å². The van der Waals surface area contributed by atoms with Crippen LogP contribution in [0.2, 0.25) is 0 Å². The average Bonchev–Trinajstić information content (AvgIpc) is 3.59. The number of carbonyl (C=O) groups is 1. The minimum atomic E-state index is 0.0654. The van der Waals surface area contributed by atoms with Crippen LogP contribution in [0.5, 0.6) is 0 Å². The van der Waals surface area contributed by atoms with Gasteiger partial charge in [-0.05, 0) is 63.0 Å². The third-order valence-corrected chi connectivity index (χ3v) is 7.41. The molecular formula is C28H36N6O. The number of hydrogen-bond acceptors (Lipinski definition) is 5. The lowest BCUT2D eigenvalue weighted by Gasteiger charge is -2.34. The van der Waals surface area contributed by atoms with E-state index in [0.29, 0.717) is 11.8 Å². The maximum Gasteiger partial charge on any atom is 0.226 e. The Morgan fingerprint density at radius 2 is 1.86 bits per heavy atom. The topological polar surface area (TPSA) is 67.2 Å². The molecule has 2 fully saturated rings. The molecule has 2 aliphatic rings. The van der Waals surface area contributed by atoms with Crippen LogP contribution in [0.1, 0.15) is 68.7 Å². The molecule has 0 aliphatic carbocycles. The van der Waals surface area contributed by atoms with Crippen LogP contribution in [0.3, 0.4) is 0 Å². The fourth-order valence-electron chi connectivity index (χ4n) is 5.49. The number of rotatable bonds is 7. The van der Waals surface area contributed by atoms with Crippen LogP contribution in [0.15, 0.2) is 55.0 Å². The highest BCUT2D eigenvalue weighted by molar-refractivity contribution is 5.79. The first-order valence-electron chi connectivity index (χ1n) is 13.0. The summed E-state index contributed by atoms with van der Waals surface area (Å²) in [6, 6.07) is 12.3. The van der Waals surface area contributed by atoms with Crippen molar-refractivity contribution in [2.24, 2.45) is 5.92 Å². The summed E-state index contributed by atoms with van der Waals surface area (Å²) < 4.78 is 2.07. The highest BCUT2D eigenvalue weighted by atomic mass is 16.2. The largest absolute Gasteiger partial charge is 0.334 e. The highest BCUT2D eigenvalue weighted by Gasteiger charge is 2.36. The maximum atomic E-state index is 13.6. The zero-order valence-corrected chi connectivity index (χ0v) is 20.9. The van der Waals surface area contributed by atoms with E-state index in [2.05, 4.69) is 56.4 Å². The first-order chi connectivity index (χ1) is 17.1. The van der Waals surface area contributed by atoms with Gasteiger partial charge in [0.15, 0.2) is 0 Å². The molecule has 0 spiro atoms. The van der Waals surface area contributed by atoms with E-state index in [9.17, 15) is 4.79 Å². The number of likely N-dealkylation sites (tertiary alicyclic amines) is 2. The molecule has 3 aromatic heterocycles. The average molecular weight is 473 g/mol. The number of hydrogen-bond donors (Lipinski definition) is 0. The maximum absolute atomic E-state index is 13.6. The van der Waals surface area contributed by atoms with Gasteiger partial charge in [-0.2, -0.15) is 0 Å². The van der Waals surface area contributed by atoms with Crippen LogP contribution < -0.4 is 0 Å². The minimum Gasteiger partial charge on any atom is -0.334 e. The first-order valence-corrected chi connectivity index (χ1v) is 13.0. The van der Waals surface area contributed by atoms with Crippen molar-refractivity contribution in [2.45, 2.75) is 57.9 Å². The van der Waals surface area contributed by atoms with Gasteiger partial charge in [0.05, 0.1) is 11.7 Å². The molecule has 184 valence electrons. The number of amides is 1. The zero-order chi connectivity index (χ0) is 24.2. The smallest absolute Gasteiger partial charge is 0.226 e. The third-order valence-electron chi connectivity index (χ3n) is 7.41. The second kappa shape index (κ2) is 10.7. The summed E-state index contributed by atoms with van der Waals surface area (Å²) in [5, 5.41) is 0. The number of nitrogens with zero attached hydrogens (tertiary/aromatic N) is 6. The first kappa shape index (κ1) is 23.7. The van der Waals surface area contributed by atoms with Gasteiger partial charge in [-0.1, -0.05) is 26.0 Å². The monoisotopic (exact) mass is 472 g/mol. The molecule has 0 N–H and O–H groups in total. The predicted octanol–water partition coefficient (Wildman–Crippen LogP) is 4.40. The van der Waals surface area contributed by atoms with Crippen LogP contribution >= 0.6 is 0 Å². The lowest BCUT2D eigenvalue weighted by atomic mass is 9.94. The molecule has 2 saturated heterocycles. The molecule has 0 saturated carbocycles. The van der Waals surface area contributed by atoms with E-state index < -0.39 is 0 Å². The molecule has 7 nitrogen and oxygen atoms in total. The number of aromatic nitrogens is 4. The molecule has 3 aromatic rings.